The van der Waals surface area contributed by atoms with Gasteiger partial charge >= 0.3 is 0 Å². The number of halogens is 2. The highest BCUT2D eigenvalue weighted by Gasteiger charge is 2.23. The number of rotatable bonds is 5. The fourth-order valence-corrected chi connectivity index (χ4v) is 3.12. The average molecular weight is 412 g/mol. The minimum atomic E-state index is -0.0373. The van der Waals surface area contributed by atoms with Gasteiger partial charge in [0.05, 0.1) is 18.4 Å². The van der Waals surface area contributed by atoms with Crippen LogP contribution < -0.4 is 20.7 Å². The summed E-state index contributed by atoms with van der Waals surface area (Å²) >= 11 is 0. The molecule has 0 aromatic heterocycles. The van der Waals surface area contributed by atoms with Crippen LogP contribution in [-0.4, -0.2) is 32.1 Å². The highest BCUT2D eigenvalue weighted by molar-refractivity contribution is 6.00. The second-order valence-corrected chi connectivity index (χ2v) is 6.45. The zero-order valence-corrected chi connectivity index (χ0v) is 17.2. The number of para-hydroxylation sites is 1. The van der Waals surface area contributed by atoms with Gasteiger partial charge in [0.15, 0.2) is 0 Å². The van der Waals surface area contributed by atoms with E-state index in [-0.39, 0.29) is 36.8 Å². The highest BCUT2D eigenvalue weighted by Crippen LogP contribution is 2.24. The maximum atomic E-state index is 12.8. The SMILES string of the molecule is COc1cccc(Nc2ccccc2C(=O)NC2CCNCC2C)c1.Cl.Cl. The molecule has 2 atom stereocenters. The van der Waals surface area contributed by atoms with Crippen LogP contribution in [0.3, 0.4) is 0 Å². The molecule has 3 N–H and O–H groups in total. The number of amides is 1. The van der Waals surface area contributed by atoms with Crippen LogP contribution in [0.15, 0.2) is 48.5 Å². The summed E-state index contributed by atoms with van der Waals surface area (Å²) in [5.41, 5.74) is 2.32. The molecule has 2 aromatic carbocycles. The van der Waals surface area contributed by atoms with Crippen molar-refractivity contribution in [1.82, 2.24) is 10.6 Å². The summed E-state index contributed by atoms with van der Waals surface area (Å²) in [6, 6.07) is 15.4. The van der Waals surface area contributed by atoms with E-state index in [0.717, 1.165) is 36.6 Å². The molecule has 1 fully saturated rings. The van der Waals surface area contributed by atoms with Gasteiger partial charge in [0, 0.05) is 17.8 Å². The Morgan fingerprint density at radius 3 is 2.67 bits per heavy atom. The van der Waals surface area contributed by atoms with Gasteiger partial charge in [-0.15, -0.1) is 24.8 Å². The zero-order valence-electron chi connectivity index (χ0n) is 15.5. The Hall–Kier alpha value is -1.95. The molecular weight excluding hydrogens is 385 g/mol. The molecule has 2 aromatic rings. The first-order chi connectivity index (χ1) is 12.2. The molecule has 3 rings (SSSR count). The lowest BCUT2D eigenvalue weighted by Gasteiger charge is -2.30. The Kier molecular flexibility index (Phi) is 9.43. The summed E-state index contributed by atoms with van der Waals surface area (Å²) < 4.78 is 5.26. The van der Waals surface area contributed by atoms with E-state index in [1.54, 1.807) is 7.11 Å². The van der Waals surface area contributed by atoms with Crippen molar-refractivity contribution in [1.29, 1.82) is 0 Å². The van der Waals surface area contributed by atoms with Crippen molar-refractivity contribution in [3.05, 3.63) is 54.1 Å². The molecular formula is C20H27Cl2N3O2. The molecule has 27 heavy (non-hydrogen) atoms. The summed E-state index contributed by atoms with van der Waals surface area (Å²) in [6.07, 6.45) is 0.957. The van der Waals surface area contributed by atoms with Crippen molar-refractivity contribution in [3.63, 3.8) is 0 Å². The van der Waals surface area contributed by atoms with Gasteiger partial charge in [-0.05, 0) is 49.7 Å². The number of hydrogen-bond acceptors (Lipinski definition) is 4. The first-order valence-electron chi connectivity index (χ1n) is 8.69. The fourth-order valence-electron chi connectivity index (χ4n) is 3.12. The molecule has 0 spiro atoms. The number of piperidine rings is 1. The molecule has 0 aliphatic carbocycles. The van der Waals surface area contributed by atoms with Gasteiger partial charge in [0.1, 0.15) is 5.75 Å². The van der Waals surface area contributed by atoms with E-state index < -0.39 is 0 Å². The van der Waals surface area contributed by atoms with E-state index in [2.05, 4.69) is 22.9 Å². The van der Waals surface area contributed by atoms with Crippen molar-refractivity contribution in [3.8, 4) is 5.75 Å². The van der Waals surface area contributed by atoms with Crippen molar-refractivity contribution in [2.45, 2.75) is 19.4 Å². The monoisotopic (exact) mass is 411 g/mol. The number of carbonyl (C=O) groups excluding carboxylic acids is 1. The molecule has 0 radical (unpaired) electrons. The van der Waals surface area contributed by atoms with Gasteiger partial charge in [-0.1, -0.05) is 25.1 Å². The van der Waals surface area contributed by atoms with E-state index in [4.69, 9.17) is 4.74 Å². The van der Waals surface area contributed by atoms with Crippen LogP contribution in [0.2, 0.25) is 0 Å². The number of methoxy groups -OCH3 is 1. The van der Waals surface area contributed by atoms with Gasteiger partial charge in [-0.3, -0.25) is 4.79 Å². The third-order valence-corrected chi connectivity index (χ3v) is 4.62. The lowest BCUT2D eigenvalue weighted by atomic mass is 9.95. The van der Waals surface area contributed by atoms with E-state index in [1.807, 2.05) is 48.5 Å². The number of ether oxygens (including phenoxy) is 1. The normalized spacial score (nSPS) is 18.4. The largest absolute Gasteiger partial charge is 0.497 e. The van der Waals surface area contributed by atoms with Gasteiger partial charge in [0.25, 0.3) is 5.91 Å². The predicted molar refractivity (Wildman–Crippen MR) is 115 cm³/mol. The Bertz CT molecular complexity index is 743. The molecule has 2 unspecified atom stereocenters. The number of anilines is 2. The summed E-state index contributed by atoms with van der Waals surface area (Å²) in [5, 5.41) is 9.87. The summed E-state index contributed by atoms with van der Waals surface area (Å²) in [4.78, 5) is 12.8. The topological polar surface area (TPSA) is 62.4 Å². The van der Waals surface area contributed by atoms with Gasteiger partial charge < -0.3 is 20.7 Å². The van der Waals surface area contributed by atoms with E-state index >= 15 is 0 Å². The molecule has 7 heteroatoms. The molecule has 148 valence electrons. The Morgan fingerprint density at radius 2 is 1.93 bits per heavy atom. The Labute approximate surface area is 173 Å². The zero-order chi connectivity index (χ0) is 17.6. The predicted octanol–water partition coefficient (Wildman–Crippen LogP) is 4.01. The van der Waals surface area contributed by atoms with Crippen LogP contribution in [0, 0.1) is 5.92 Å². The first kappa shape index (κ1) is 23.1. The van der Waals surface area contributed by atoms with Gasteiger partial charge in [-0.2, -0.15) is 0 Å². The number of hydrogen-bond donors (Lipinski definition) is 3. The van der Waals surface area contributed by atoms with E-state index in [9.17, 15) is 4.79 Å². The highest BCUT2D eigenvalue weighted by atomic mass is 35.5. The van der Waals surface area contributed by atoms with E-state index in [1.165, 1.54) is 0 Å². The molecule has 0 saturated carbocycles. The average Bonchev–Trinajstić information content (AvgIpc) is 2.64. The van der Waals surface area contributed by atoms with Crippen LogP contribution in [0.5, 0.6) is 5.75 Å². The van der Waals surface area contributed by atoms with Crippen LogP contribution in [0.1, 0.15) is 23.7 Å². The second-order valence-electron chi connectivity index (χ2n) is 6.45. The van der Waals surface area contributed by atoms with Crippen LogP contribution in [-0.2, 0) is 0 Å². The maximum absolute atomic E-state index is 12.8. The summed E-state index contributed by atoms with van der Waals surface area (Å²) in [7, 11) is 1.64. The molecule has 1 heterocycles. The van der Waals surface area contributed by atoms with Crippen molar-refractivity contribution < 1.29 is 9.53 Å². The smallest absolute Gasteiger partial charge is 0.253 e. The van der Waals surface area contributed by atoms with Gasteiger partial charge in [-0.25, -0.2) is 0 Å². The number of carbonyl (C=O) groups is 1. The lowest BCUT2D eigenvalue weighted by Crippen LogP contribution is -2.48. The van der Waals surface area contributed by atoms with Crippen LogP contribution >= 0.6 is 24.8 Å². The fraction of sp³-hybridized carbons (Fsp3) is 0.350. The quantitative estimate of drug-likeness (QED) is 0.695. The second kappa shape index (κ2) is 11.0. The Balaban J connectivity index is 0.00000182. The van der Waals surface area contributed by atoms with Crippen molar-refractivity contribution >= 4 is 42.1 Å². The van der Waals surface area contributed by atoms with Crippen molar-refractivity contribution in [2.75, 3.05) is 25.5 Å². The maximum Gasteiger partial charge on any atom is 0.253 e. The number of benzene rings is 2. The third kappa shape index (κ3) is 6.03. The summed E-state index contributed by atoms with van der Waals surface area (Å²) in [6.45, 7) is 4.05. The molecule has 0 bridgehead atoms. The standard InChI is InChI=1S/C20H25N3O2.2ClH/c1-14-13-21-11-10-18(14)23-20(24)17-8-3-4-9-19(17)22-15-6-5-7-16(12-15)25-2;;/h3-9,12,14,18,21-22H,10-11,13H2,1-2H3,(H,23,24);2*1H. The summed E-state index contributed by atoms with van der Waals surface area (Å²) in [5.74, 6) is 1.16. The minimum absolute atomic E-state index is 0. The molecule has 1 saturated heterocycles. The van der Waals surface area contributed by atoms with Crippen LogP contribution in [0.25, 0.3) is 0 Å². The molecule has 1 aliphatic heterocycles. The van der Waals surface area contributed by atoms with E-state index in [0.29, 0.717) is 11.5 Å². The molecule has 5 nitrogen and oxygen atoms in total. The first-order valence-corrected chi connectivity index (χ1v) is 8.69. The lowest BCUT2D eigenvalue weighted by molar-refractivity contribution is 0.0915. The minimum Gasteiger partial charge on any atom is -0.497 e. The van der Waals surface area contributed by atoms with Gasteiger partial charge in [0.2, 0.25) is 0 Å². The van der Waals surface area contributed by atoms with Crippen LogP contribution in [0.4, 0.5) is 11.4 Å². The molecule has 1 amide bonds. The Morgan fingerprint density at radius 1 is 1.15 bits per heavy atom. The number of nitrogens with one attached hydrogen (secondary N) is 3. The van der Waals surface area contributed by atoms with Crippen molar-refractivity contribution in [2.24, 2.45) is 5.92 Å². The molecule has 1 aliphatic rings. The third-order valence-electron chi connectivity index (χ3n) is 4.62.